The largest absolute Gasteiger partial charge is 0.0622 e. The highest BCUT2D eigenvalue weighted by Crippen LogP contribution is 2.38. The van der Waals surface area contributed by atoms with Crippen molar-refractivity contribution in [3.63, 3.8) is 0 Å². The Morgan fingerprint density at radius 3 is 0.851 bits per heavy atom. The molecule has 0 bridgehead atoms. The standard InChI is InChI=1S/C46H55P/c1-43(2,3)36-26-34(27-37(30-36)44(4,5)6)32-18-22-41(23-19-32)47(40-16-14-13-15-17-40)42-24-20-33(21-25-42)35-28-38(45(7,8)9)31-39(29-35)46(10,11)12/h13-31H,1-12H3. The van der Waals surface area contributed by atoms with E-state index >= 15 is 0 Å². The maximum absolute atomic E-state index is 2.40. The van der Waals surface area contributed by atoms with Gasteiger partial charge in [-0.3, -0.25) is 0 Å². The highest BCUT2D eigenvalue weighted by atomic mass is 31.1. The molecule has 0 radical (unpaired) electrons. The zero-order valence-electron chi connectivity index (χ0n) is 30.9. The summed E-state index contributed by atoms with van der Waals surface area (Å²) in [7, 11) is -0.708. The van der Waals surface area contributed by atoms with E-state index in [9.17, 15) is 0 Å². The first-order chi connectivity index (χ1) is 21.8. The molecular weight excluding hydrogens is 583 g/mol. The molecule has 5 rings (SSSR count). The van der Waals surface area contributed by atoms with Gasteiger partial charge in [-0.1, -0.05) is 198 Å². The highest BCUT2D eigenvalue weighted by Gasteiger charge is 2.23. The van der Waals surface area contributed by atoms with Crippen molar-refractivity contribution in [2.45, 2.75) is 105 Å². The van der Waals surface area contributed by atoms with Crippen molar-refractivity contribution in [2.75, 3.05) is 0 Å². The Hall–Kier alpha value is -3.47. The molecule has 0 atom stereocenters. The zero-order valence-corrected chi connectivity index (χ0v) is 31.8. The van der Waals surface area contributed by atoms with Gasteiger partial charge in [-0.15, -0.1) is 0 Å². The smallest absolute Gasteiger partial charge is 0.0132 e. The first-order valence-electron chi connectivity index (χ1n) is 17.2. The first kappa shape index (κ1) is 34.9. The SMILES string of the molecule is CC(C)(C)c1cc(-c2ccc(P(c3ccccc3)c3ccc(-c4cc(C(C)(C)C)cc(C(C)(C)C)c4)cc3)cc2)cc(C(C)(C)C)c1. The van der Waals surface area contributed by atoms with Gasteiger partial charge in [0.2, 0.25) is 0 Å². The summed E-state index contributed by atoms with van der Waals surface area (Å²) < 4.78 is 0. The minimum Gasteiger partial charge on any atom is -0.0622 e. The first-order valence-corrected chi connectivity index (χ1v) is 18.5. The Morgan fingerprint density at radius 1 is 0.298 bits per heavy atom. The minimum absolute atomic E-state index is 0.0894. The summed E-state index contributed by atoms with van der Waals surface area (Å²) in [4.78, 5) is 0. The van der Waals surface area contributed by atoms with Crippen LogP contribution in [0.15, 0.2) is 115 Å². The van der Waals surface area contributed by atoms with Crippen LogP contribution in [0.1, 0.15) is 105 Å². The highest BCUT2D eigenvalue weighted by molar-refractivity contribution is 7.79. The lowest BCUT2D eigenvalue weighted by molar-refractivity contribution is 0.568. The molecule has 0 aliphatic rings. The van der Waals surface area contributed by atoms with Crippen LogP contribution in [0.5, 0.6) is 0 Å². The Morgan fingerprint density at radius 2 is 0.574 bits per heavy atom. The van der Waals surface area contributed by atoms with E-state index in [-0.39, 0.29) is 21.7 Å². The van der Waals surface area contributed by atoms with Crippen LogP contribution in [0, 0.1) is 0 Å². The third-order valence-electron chi connectivity index (χ3n) is 9.26. The van der Waals surface area contributed by atoms with E-state index in [1.165, 1.54) is 60.4 Å². The second-order valence-corrected chi connectivity index (χ2v) is 19.6. The second kappa shape index (κ2) is 12.9. The zero-order chi connectivity index (χ0) is 34.4. The molecule has 0 spiro atoms. The molecule has 0 aliphatic carbocycles. The van der Waals surface area contributed by atoms with Gasteiger partial charge in [0, 0.05) is 0 Å². The summed E-state index contributed by atoms with van der Waals surface area (Å²) >= 11 is 0. The normalized spacial score (nSPS) is 12.9. The lowest BCUT2D eigenvalue weighted by Gasteiger charge is -2.26. The Kier molecular flexibility index (Phi) is 9.54. The number of hydrogen-bond acceptors (Lipinski definition) is 0. The quantitative estimate of drug-likeness (QED) is 0.168. The molecule has 0 N–H and O–H groups in total. The lowest BCUT2D eigenvalue weighted by atomic mass is 9.79. The third-order valence-corrected chi connectivity index (χ3v) is 11.7. The Labute approximate surface area is 287 Å². The summed E-state index contributed by atoms with van der Waals surface area (Å²) in [5, 5.41) is 4.11. The summed E-state index contributed by atoms with van der Waals surface area (Å²) in [6.07, 6.45) is 0. The van der Waals surface area contributed by atoms with Gasteiger partial charge in [0.25, 0.3) is 0 Å². The summed E-state index contributed by atoms with van der Waals surface area (Å²) in [5.41, 5.74) is 11.1. The van der Waals surface area contributed by atoms with Gasteiger partial charge in [0.05, 0.1) is 0 Å². The van der Waals surface area contributed by atoms with Crippen LogP contribution < -0.4 is 15.9 Å². The van der Waals surface area contributed by atoms with Crippen molar-refractivity contribution < 1.29 is 0 Å². The molecule has 0 saturated heterocycles. The van der Waals surface area contributed by atoms with Crippen molar-refractivity contribution in [3.05, 3.63) is 138 Å². The van der Waals surface area contributed by atoms with Gasteiger partial charge in [-0.2, -0.15) is 0 Å². The number of benzene rings is 5. The minimum atomic E-state index is -0.708. The molecule has 0 amide bonds. The van der Waals surface area contributed by atoms with E-state index in [2.05, 4.69) is 198 Å². The van der Waals surface area contributed by atoms with E-state index in [0.29, 0.717) is 0 Å². The van der Waals surface area contributed by atoms with E-state index in [4.69, 9.17) is 0 Å². The Balaban J connectivity index is 1.55. The fourth-order valence-electron chi connectivity index (χ4n) is 5.95. The van der Waals surface area contributed by atoms with E-state index in [1.807, 2.05) is 0 Å². The molecule has 0 nitrogen and oxygen atoms in total. The molecule has 5 aromatic carbocycles. The van der Waals surface area contributed by atoms with Crippen LogP contribution >= 0.6 is 7.92 Å². The second-order valence-electron chi connectivity index (χ2n) is 17.4. The van der Waals surface area contributed by atoms with Gasteiger partial charge in [-0.05, 0) is 90.0 Å². The van der Waals surface area contributed by atoms with Crippen molar-refractivity contribution >= 4 is 23.8 Å². The molecule has 0 heterocycles. The molecular formula is C46H55P. The average Bonchev–Trinajstić information content (AvgIpc) is 3.00. The molecule has 5 aromatic rings. The van der Waals surface area contributed by atoms with Gasteiger partial charge in [0.1, 0.15) is 0 Å². The molecule has 0 saturated carbocycles. The van der Waals surface area contributed by atoms with Gasteiger partial charge >= 0.3 is 0 Å². The average molecular weight is 639 g/mol. The van der Waals surface area contributed by atoms with Crippen LogP contribution in [0.2, 0.25) is 0 Å². The predicted molar refractivity (Wildman–Crippen MR) is 211 cm³/mol. The molecule has 47 heavy (non-hydrogen) atoms. The summed E-state index contributed by atoms with van der Waals surface area (Å²) in [6, 6.07) is 44.2. The van der Waals surface area contributed by atoms with Crippen LogP contribution in [0.3, 0.4) is 0 Å². The summed E-state index contributed by atoms with van der Waals surface area (Å²) in [6.45, 7) is 27.7. The molecule has 0 unspecified atom stereocenters. The van der Waals surface area contributed by atoms with E-state index < -0.39 is 7.92 Å². The molecule has 0 aliphatic heterocycles. The number of rotatable bonds is 5. The van der Waals surface area contributed by atoms with Crippen molar-refractivity contribution in [1.29, 1.82) is 0 Å². The maximum atomic E-state index is 2.40. The van der Waals surface area contributed by atoms with E-state index in [0.717, 1.165) is 0 Å². The monoisotopic (exact) mass is 638 g/mol. The summed E-state index contributed by atoms with van der Waals surface area (Å²) in [5.74, 6) is 0. The molecule has 0 aromatic heterocycles. The number of hydrogen-bond donors (Lipinski definition) is 0. The third kappa shape index (κ3) is 8.16. The molecule has 0 fully saturated rings. The lowest BCUT2D eigenvalue weighted by Crippen LogP contribution is -2.20. The topological polar surface area (TPSA) is 0 Å². The van der Waals surface area contributed by atoms with Crippen molar-refractivity contribution in [1.82, 2.24) is 0 Å². The van der Waals surface area contributed by atoms with Gasteiger partial charge in [0.15, 0.2) is 0 Å². The molecule has 244 valence electrons. The predicted octanol–water partition coefficient (Wildman–Crippen LogP) is 12.0. The molecule has 1 heteroatoms. The van der Waals surface area contributed by atoms with Crippen LogP contribution in [0.4, 0.5) is 0 Å². The maximum Gasteiger partial charge on any atom is -0.0132 e. The van der Waals surface area contributed by atoms with Crippen LogP contribution in [0.25, 0.3) is 22.3 Å². The fraction of sp³-hybridized carbons (Fsp3) is 0.348. The van der Waals surface area contributed by atoms with Gasteiger partial charge < -0.3 is 0 Å². The van der Waals surface area contributed by atoms with Crippen LogP contribution in [-0.4, -0.2) is 0 Å². The van der Waals surface area contributed by atoms with E-state index in [1.54, 1.807) is 0 Å². The van der Waals surface area contributed by atoms with Crippen LogP contribution in [-0.2, 0) is 21.7 Å². The fourth-order valence-corrected chi connectivity index (χ4v) is 8.21. The van der Waals surface area contributed by atoms with Gasteiger partial charge in [-0.25, -0.2) is 0 Å². The Bertz CT molecular complexity index is 1630. The van der Waals surface area contributed by atoms with Crippen molar-refractivity contribution in [3.8, 4) is 22.3 Å². The van der Waals surface area contributed by atoms with Crippen molar-refractivity contribution in [2.24, 2.45) is 0 Å².